The van der Waals surface area contributed by atoms with E-state index in [1.165, 1.54) is 0 Å². The fourth-order valence-corrected chi connectivity index (χ4v) is 4.67. The van der Waals surface area contributed by atoms with Crippen molar-refractivity contribution in [2.24, 2.45) is 5.41 Å². The Morgan fingerprint density at radius 2 is 1.76 bits per heavy atom. The lowest BCUT2D eigenvalue weighted by molar-refractivity contribution is -0.274. The monoisotopic (exact) mass is 430 g/mol. The Morgan fingerprint density at radius 1 is 1.17 bits per heavy atom. The van der Waals surface area contributed by atoms with Crippen molar-refractivity contribution >= 4 is 21.6 Å². The molecule has 0 atom stereocenters. The normalized spacial score (nSPS) is 26.4. The first-order valence-electron chi connectivity index (χ1n) is 9.02. The zero-order valence-corrected chi connectivity index (χ0v) is 16.5. The highest BCUT2D eigenvalue weighted by atomic mass is 32.2. The van der Waals surface area contributed by atoms with Gasteiger partial charge in [0.1, 0.15) is 5.75 Å². The molecule has 3 aliphatic rings. The van der Waals surface area contributed by atoms with Crippen molar-refractivity contribution in [3.63, 3.8) is 0 Å². The molecule has 4 rings (SSSR count). The van der Waals surface area contributed by atoms with E-state index in [4.69, 9.17) is 6.42 Å². The van der Waals surface area contributed by atoms with Gasteiger partial charge in [0, 0.05) is 11.0 Å². The van der Waals surface area contributed by atoms with Crippen molar-refractivity contribution in [2.45, 2.75) is 50.4 Å². The number of carbonyl (C=O) groups is 1. The molecule has 1 aromatic rings. The van der Waals surface area contributed by atoms with Crippen LogP contribution in [0.2, 0.25) is 0 Å². The third kappa shape index (κ3) is 4.96. The summed E-state index contributed by atoms with van der Waals surface area (Å²) in [4.78, 5) is 12.9. The summed E-state index contributed by atoms with van der Waals surface area (Å²) in [5.41, 5.74) is -1.01. The molecule has 0 radical (unpaired) electrons. The minimum atomic E-state index is -4.94. The summed E-state index contributed by atoms with van der Waals surface area (Å²) < 4.78 is 66.9. The van der Waals surface area contributed by atoms with Gasteiger partial charge in [-0.15, -0.1) is 19.6 Å². The van der Waals surface area contributed by atoms with Crippen molar-refractivity contribution in [1.82, 2.24) is 5.32 Å². The Balaban J connectivity index is 1.88. The Morgan fingerprint density at radius 3 is 2.24 bits per heavy atom. The first kappa shape index (κ1) is 21.3. The third-order valence-electron chi connectivity index (χ3n) is 5.70. The summed E-state index contributed by atoms with van der Waals surface area (Å²) in [5, 5.41) is 2.91. The minimum Gasteiger partial charge on any atom is -0.406 e. The Labute approximate surface area is 167 Å². The van der Waals surface area contributed by atoms with Crippen LogP contribution in [0.25, 0.3) is 0 Å². The van der Waals surface area contributed by atoms with E-state index in [-0.39, 0.29) is 16.7 Å². The summed E-state index contributed by atoms with van der Waals surface area (Å²) in [6.07, 6.45) is 5.86. The molecule has 2 bridgehead atoms. The topological polar surface area (TPSA) is 84.5 Å². The summed E-state index contributed by atoms with van der Waals surface area (Å²) in [5.74, 6) is 1.58. The van der Waals surface area contributed by atoms with Gasteiger partial charge in [0.05, 0.1) is 17.5 Å². The number of terminal acetylenes is 1. The molecule has 0 spiro atoms. The number of anilines is 1. The van der Waals surface area contributed by atoms with E-state index in [0.717, 1.165) is 43.7 Å². The quantitative estimate of drug-likeness (QED) is 0.702. The van der Waals surface area contributed by atoms with E-state index in [2.05, 4.69) is 20.7 Å². The van der Waals surface area contributed by atoms with Gasteiger partial charge in [0.2, 0.25) is 10.0 Å². The third-order valence-corrected chi connectivity index (χ3v) is 6.29. The van der Waals surface area contributed by atoms with E-state index in [1.807, 2.05) is 0 Å². The highest BCUT2D eigenvalue weighted by Crippen LogP contribution is 2.52. The van der Waals surface area contributed by atoms with Gasteiger partial charge in [0.25, 0.3) is 5.91 Å². The van der Waals surface area contributed by atoms with Gasteiger partial charge in [-0.2, -0.15) is 0 Å². The fourth-order valence-electron chi connectivity index (χ4n) is 4.09. The molecule has 10 heteroatoms. The standard InChI is InChI=1S/C19H21F3N2O4S/c1-3-17-6-9-18(10-7-17,11-8-17)23-16(25)14-12-13(28-19(20,21)22)4-5-15(14)24-29(2,26)27/h1,4-5,12,24H,6-11H2,2H3,(H,23,25). The van der Waals surface area contributed by atoms with Crippen molar-refractivity contribution in [2.75, 3.05) is 11.0 Å². The lowest BCUT2D eigenvalue weighted by Crippen LogP contribution is -2.56. The van der Waals surface area contributed by atoms with Gasteiger partial charge in [-0.3, -0.25) is 9.52 Å². The zero-order chi connectivity index (χ0) is 21.5. The molecule has 158 valence electrons. The van der Waals surface area contributed by atoms with Crippen LogP contribution in [0, 0.1) is 17.8 Å². The molecule has 3 aliphatic carbocycles. The SMILES string of the molecule is C#CC12CCC(NC(=O)c3cc(OC(F)(F)F)ccc3NS(C)(=O)=O)(CC1)CC2. The predicted octanol–water partition coefficient (Wildman–Crippen LogP) is 3.41. The number of fused-ring (bicyclic) bond motifs is 3. The van der Waals surface area contributed by atoms with Crippen molar-refractivity contribution < 1.29 is 31.1 Å². The maximum atomic E-state index is 12.9. The number of benzene rings is 1. The molecule has 0 aliphatic heterocycles. The summed E-state index contributed by atoms with van der Waals surface area (Å²) in [7, 11) is -3.75. The first-order chi connectivity index (χ1) is 13.3. The minimum absolute atomic E-state index is 0.125. The number of nitrogens with one attached hydrogen (secondary N) is 2. The van der Waals surface area contributed by atoms with Crippen LogP contribution in [0.1, 0.15) is 48.9 Å². The highest BCUT2D eigenvalue weighted by Gasteiger charge is 2.48. The number of ether oxygens (including phenoxy) is 1. The zero-order valence-electron chi connectivity index (χ0n) is 15.7. The molecule has 0 heterocycles. The van der Waals surface area contributed by atoms with Crippen LogP contribution in [-0.4, -0.2) is 32.5 Å². The lowest BCUT2D eigenvalue weighted by Gasteiger charge is -2.51. The number of hydrogen-bond donors (Lipinski definition) is 2. The van der Waals surface area contributed by atoms with Crippen LogP contribution < -0.4 is 14.8 Å². The van der Waals surface area contributed by atoms with Crippen LogP contribution >= 0.6 is 0 Å². The number of halogens is 3. The number of hydrogen-bond acceptors (Lipinski definition) is 4. The largest absolute Gasteiger partial charge is 0.573 e. The number of alkyl halides is 3. The van der Waals surface area contributed by atoms with Crippen molar-refractivity contribution in [1.29, 1.82) is 0 Å². The van der Waals surface area contributed by atoms with Crippen molar-refractivity contribution in [3.8, 4) is 18.1 Å². The second-order valence-electron chi connectivity index (χ2n) is 7.79. The molecule has 29 heavy (non-hydrogen) atoms. The van der Waals surface area contributed by atoms with Gasteiger partial charge >= 0.3 is 6.36 Å². The maximum absolute atomic E-state index is 12.9. The molecular formula is C19H21F3N2O4S. The Hall–Kier alpha value is -2.41. The molecule has 2 N–H and O–H groups in total. The Kier molecular flexibility index (Phi) is 5.24. The molecule has 3 fully saturated rings. The predicted molar refractivity (Wildman–Crippen MR) is 101 cm³/mol. The van der Waals surface area contributed by atoms with E-state index >= 15 is 0 Å². The molecule has 6 nitrogen and oxygen atoms in total. The van der Waals surface area contributed by atoms with Crippen LogP contribution in [0.4, 0.5) is 18.9 Å². The summed E-state index contributed by atoms with van der Waals surface area (Å²) >= 11 is 0. The molecule has 1 amide bonds. The second kappa shape index (κ2) is 7.13. The van der Waals surface area contributed by atoms with E-state index in [9.17, 15) is 26.4 Å². The van der Waals surface area contributed by atoms with Crippen LogP contribution in [0.3, 0.4) is 0 Å². The smallest absolute Gasteiger partial charge is 0.406 e. The Bertz CT molecular complexity index is 942. The van der Waals surface area contributed by atoms with Gasteiger partial charge < -0.3 is 10.1 Å². The van der Waals surface area contributed by atoms with E-state index in [1.54, 1.807) is 0 Å². The number of sulfonamides is 1. The van der Waals surface area contributed by atoms with Gasteiger partial charge in [-0.25, -0.2) is 8.42 Å². The summed E-state index contributed by atoms with van der Waals surface area (Å²) in [6, 6.07) is 2.89. The molecular weight excluding hydrogens is 409 g/mol. The van der Waals surface area contributed by atoms with Crippen molar-refractivity contribution in [3.05, 3.63) is 23.8 Å². The highest BCUT2D eigenvalue weighted by molar-refractivity contribution is 7.92. The van der Waals surface area contributed by atoms with Gasteiger partial charge in [-0.05, 0) is 56.7 Å². The first-order valence-corrected chi connectivity index (χ1v) is 10.9. The maximum Gasteiger partial charge on any atom is 0.573 e. The number of rotatable bonds is 5. The summed E-state index contributed by atoms with van der Waals surface area (Å²) in [6.45, 7) is 0. The van der Waals surface area contributed by atoms with E-state index in [0.29, 0.717) is 19.3 Å². The van der Waals surface area contributed by atoms with Gasteiger partial charge in [0.15, 0.2) is 0 Å². The second-order valence-corrected chi connectivity index (χ2v) is 9.54. The number of carbonyl (C=O) groups excluding carboxylic acids is 1. The van der Waals surface area contributed by atoms with E-state index < -0.39 is 33.6 Å². The molecule has 1 aromatic carbocycles. The van der Waals surface area contributed by atoms with Crippen LogP contribution in [-0.2, 0) is 10.0 Å². The van der Waals surface area contributed by atoms with Crippen LogP contribution in [0.15, 0.2) is 18.2 Å². The average molecular weight is 430 g/mol. The lowest BCUT2D eigenvalue weighted by atomic mass is 9.57. The number of amides is 1. The van der Waals surface area contributed by atoms with Crippen LogP contribution in [0.5, 0.6) is 5.75 Å². The van der Waals surface area contributed by atoms with Gasteiger partial charge in [-0.1, -0.05) is 5.92 Å². The fraction of sp³-hybridized carbons (Fsp3) is 0.526. The average Bonchev–Trinajstić information content (AvgIpc) is 2.62. The molecule has 0 aromatic heterocycles. The molecule has 3 saturated carbocycles. The molecule has 0 unspecified atom stereocenters. The molecule has 0 saturated heterocycles.